The summed E-state index contributed by atoms with van der Waals surface area (Å²) in [5, 5.41) is 11.1. The molecule has 15 nitrogen and oxygen atoms in total. The molecule has 0 unspecified atom stereocenters. The van der Waals surface area contributed by atoms with Crippen molar-refractivity contribution in [2.24, 2.45) is 11.8 Å². The molecule has 0 radical (unpaired) electrons. The van der Waals surface area contributed by atoms with E-state index in [1.807, 2.05) is 60.8 Å². The Bertz CT molecular complexity index is 2630. The van der Waals surface area contributed by atoms with Crippen LogP contribution in [0.5, 0.6) is 5.75 Å². The summed E-state index contributed by atoms with van der Waals surface area (Å²) in [5.41, 5.74) is 2.16. The molecule has 8 rings (SSSR count). The van der Waals surface area contributed by atoms with Crippen molar-refractivity contribution in [3.8, 4) is 27.6 Å². The first-order valence-corrected chi connectivity index (χ1v) is 24.9. The number of likely N-dealkylation sites (tertiary alicyclic amines) is 1. The number of ether oxygens (including phenoxy) is 1. The highest BCUT2D eigenvalue weighted by Gasteiger charge is 2.33. The lowest BCUT2D eigenvalue weighted by Gasteiger charge is -2.36. The molecule has 0 bridgehead atoms. The van der Waals surface area contributed by atoms with Crippen molar-refractivity contribution in [1.29, 1.82) is 0 Å². The Kier molecular flexibility index (Phi) is 13.7. The fourth-order valence-electron chi connectivity index (χ4n) is 8.75. The van der Waals surface area contributed by atoms with Crippen molar-refractivity contribution in [2.75, 3.05) is 28.9 Å². The van der Waals surface area contributed by atoms with Crippen LogP contribution in [-0.4, -0.2) is 80.7 Å². The second-order valence-corrected chi connectivity index (χ2v) is 21.2. The van der Waals surface area contributed by atoms with Crippen LogP contribution in [-0.2, 0) is 36.4 Å². The monoisotopic (exact) mass is 925 g/mol. The van der Waals surface area contributed by atoms with Gasteiger partial charge in [0.05, 0.1) is 56.6 Å². The summed E-state index contributed by atoms with van der Waals surface area (Å²) in [6.07, 6.45) is 11.5. The van der Waals surface area contributed by atoms with E-state index in [0.717, 1.165) is 54.8 Å². The summed E-state index contributed by atoms with van der Waals surface area (Å²) >= 11 is 1.41. The summed E-state index contributed by atoms with van der Waals surface area (Å²) in [6.45, 7) is 9.97. The highest BCUT2D eigenvalue weighted by molar-refractivity contribution is 7.92. The molecule has 0 spiro atoms. The van der Waals surface area contributed by atoms with Gasteiger partial charge in [-0.15, -0.1) is 11.3 Å². The molecule has 5 heterocycles. The number of sulfonamides is 1. The van der Waals surface area contributed by atoms with Crippen LogP contribution in [0, 0.1) is 17.7 Å². The van der Waals surface area contributed by atoms with Crippen molar-refractivity contribution in [1.82, 2.24) is 34.9 Å². The molecule has 3 aliphatic rings. The lowest BCUT2D eigenvalue weighted by Crippen LogP contribution is -2.43. The summed E-state index contributed by atoms with van der Waals surface area (Å²) < 4.78 is 51.7. The number of hydrogen-bond donors (Lipinski definition) is 3. The van der Waals surface area contributed by atoms with E-state index in [4.69, 9.17) is 14.7 Å². The summed E-state index contributed by atoms with van der Waals surface area (Å²) in [5.74, 6) is 0.0258. The number of rotatable bonds is 14. The summed E-state index contributed by atoms with van der Waals surface area (Å²) in [4.78, 5) is 54.1. The number of carbonyl (C=O) groups is 3. The first-order valence-electron chi connectivity index (χ1n) is 22.4. The molecule has 344 valence electrons. The summed E-state index contributed by atoms with van der Waals surface area (Å²) in [7, 11) is -3.72. The summed E-state index contributed by atoms with van der Waals surface area (Å²) in [6, 6.07) is 13.9. The highest BCUT2D eigenvalue weighted by atomic mass is 32.2. The van der Waals surface area contributed by atoms with Crippen LogP contribution in [0.4, 0.5) is 21.7 Å². The third-order valence-electron chi connectivity index (χ3n) is 12.3. The van der Waals surface area contributed by atoms with Gasteiger partial charge in [-0.05, 0) is 93.2 Å². The number of nitrogens with one attached hydrogen (secondary N) is 3. The number of nitrogens with zero attached hydrogens (tertiary/aromatic N) is 6. The minimum atomic E-state index is -3.72. The van der Waals surface area contributed by atoms with Gasteiger partial charge in [0.25, 0.3) is 0 Å². The third-order valence-corrected chi connectivity index (χ3v) is 15.2. The van der Waals surface area contributed by atoms with Gasteiger partial charge in [0.15, 0.2) is 5.82 Å². The number of carbonyl (C=O) groups excluding carboxylic acids is 3. The Morgan fingerprint density at radius 2 is 1.74 bits per heavy atom. The van der Waals surface area contributed by atoms with E-state index >= 15 is 4.39 Å². The number of aromatic nitrogens is 5. The molecule has 3 amide bonds. The zero-order valence-corrected chi connectivity index (χ0v) is 38.8. The van der Waals surface area contributed by atoms with E-state index in [1.54, 1.807) is 37.5 Å². The Morgan fingerprint density at radius 3 is 2.45 bits per heavy atom. The zero-order valence-electron chi connectivity index (χ0n) is 37.2. The first-order chi connectivity index (χ1) is 31.1. The Hall–Kier alpha value is -5.75. The van der Waals surface area contributed by atoms with Crippen molar-refractivity contribution < 1.29 is 31.9 Å². The van der Waals surface area contributed by atoms with Gasteiger partial charge in [-0.2, -0.15) is 5.10 Å². The topological polar surface area (TPSA) is 190 Å². The molecule has 1 atom stereocenters. The Balaban J connectivity index is 0.833. The second-order valence-electron chi connectivity index (χ2n) is 18.3. The quantitative estimate of drug-likeness (QED) is 0.0911. The number of benzene rings is 2. The molecule has 1 saturated carbocycles. The van der Waals surface area contributed by atoms with E-state index in [2.05, 4.69) is 25.4 Å². The lowest BCUT2D eigenvalue weighted by atomic mass is 9.85. The molecule has 1 aliphatic carbocycles. The average molecular weight is 926 g/mol. The molecule has 3 fully saturated rings. The van der Waals surface area contributed by atoms with Gasteiger partial charge in [0.1, 0.15) is 5.75 Å². The predicted octanol–water partition coefficient (Wildman–Crippen LogP) is 8.19. The number of halogens is 1. The van der Waals surface area contributed by atoms with Gasteiger partial charge in [-0.3, -0.25) is 29.1 Å². The average Bonchev–Trinajstić information content (AvgIpc) is 3.93. The number of piperidine rings is 2. The normalized spacial score (nSPS) is 19.8. The van der Waals surface area contributed by atoms with Crippen LogP contribution >= 0.6 is 11.3 Å². The number of anilines is 3. The largest absolute Gasteiger partial charge is 0.490 e. The maximum Gasteiger partial charge on any atom is 0.234 e. The molecule has 18 heteroatoms. The molecule has 65 heavy (non-hydrogen) atoms. The maximum absolute atomic E-state index is 16.1. The van der Waals surface area contributed by atoms with Gasteiger partial charge in [-0.1, -0.05) is 45.9 Å². The van der Waals surface area contributed by atoms with Crippen molar-refractivity contribution in [3.63, 3.8) is 0 Å². The minimum Gasteiger partial charge on any atom is -0.490 e. The van der Waals surface area contributed by atoms with E-state index in [0.29, 0.717) is 72.7 Å². The van der Waals surface area contributed by atoms with Crippen LogP contribution in [0.25, 0.3) is 21.8 Å². The van der Waals surface area contributed by atoms with Gasteiger partial charge < -0.3 is 15.0 Å². The van der Waals surface area contributed by atoms with Gasteiger partial charge in [0.2, 0.25) is 33.7 Å². The van der Waals surface area contributed by atoms with Crippen LogP contribution in [0.2, 0.25) is 0 Å². The van der Waals surface area contributed by atoms with E-state index in [1.165, 1.54) is 17.4 Å². The molecule has 3 aromatic heterocycles. The first kappa shape index (κ1) is 45.8. The van der Waals surface area contributed by atoms with E-state index < -0.39 is 15.8 Å². The smallest absolute Gasteiger partial charge is 0.234 e. The van der Waals surface area contributed by atoms with Crippen LogP contribution < -0.4 is 20.1 Å². The molecule has 2 saturated heterocycles. The molecular weight excluding hydrogens is 870 g/mol. The fourth-order valence-corrected chi connectivity index (χ4v) is 11.0. The van der Waals surface area contributed by atoms with Crippen molar-refractivity contribution in [2.45, 2.75) is 109 Å². The number of imide groups is 1. The molecule has 5 aromatic rings. The molecule has 3 N–H and O–H groups in total. The Labute approximate surface area is 383 Å². The third kappa shape index (κ3) is 11.0. The standard InChI is InChI=1S/C47H56FN9O6S2/c1-5-25-65(61,62)55-37-8-6-7-36(40(37)48)41-42(64-45(54-41)47(2,3)4)38-19-22-49-46(52-38)51-32-26-50-57(28-32)27-29-20-23-56(24-21-29)44(60)31-11-15-34(16-12-31)63-33-13-9-30(10-14-33)35-17-18-39(58)53-43(35)59/h6-10,13-14,19,22,26,28-29,31,34-35,55H,5,11-12,15-18,20-21,23-25,27H2,1-4H3,(H,49,51,52)(H,53,58,59)/t31?,34?,35-/m0/s1. The van der Waals surface area contributed by atoms with Gasteiger partial charge in [0, 0.05) is 55.3 Å². The maximum atomic E-state index is 16.1. The van der Waals surface area contributed by atoms with E-state index in [9.17, 15) is 22.8 Å². The number of hydrogen-bond acceptors (Lipinski definition) is 12. The highest BCUT2D eigenvalue weighted by Crippen LogP contribution is 2.42. The van der Waals surface area contributed by atoms with Crippen LogP contribution in [0.15, 0.2) is 67.1 Å². The van der Waals surface area contributed by atoms with Crippen molar-refractivity contribution in [3.05, 3.63) is 83.5 Å². The fraction of sp³-hybridized carbons (Fsp3) is 0.468. The Morgan fingerprint density at radius 1 is 0.985 bits per heavy atom. The minimum absolute atomic E-state index is 0.00361. The molecule has 2 aliphatic heterocycles. The molecular formula is C47H56FN9O6S2. The number of thiazole rings is 1. The SMILES string of the molecule is CCCS(=O)(=O)Nc1cccc(-c2nc(C(C)(C)C)sc2-c2ccnc(Nc3cnn(CC4CCN(C(=O)C5CCC(Oc6ccc([C@@H]7CCC(=O)NC7=O)cc6)CC5)CC4)c3)n2)c1F. The van der Waals surface area contributed by atoms with Crippen LogP contribution in [0.3, 0.4) is 0 Å². The lowest BCUT2D eigenvalue weighted by molar-refractivity contribution is -0.138. The van der Waals surface area contributed by atoms with Crippen LogP contribution in [0.1, 0.15) is 102 Å². The van der Waals surface area contributed by atoms with Gasteiger partial charge in [-0.25, -0.2) is 27.8 Å². The van der Waals surface area contributed by atoms with E-state index in [-0.39, 0.29) is 58.1 Å². The second kappa shape index (κ2) is 19.4. The molecule has 2 aromatic carbocycles. The predicted molar refractivity (Wildman–Crippen MR) is 248 cm³/mol. The zero-order chi connectivity index (χ0) is 45.9. The number of amides is 3. The van der Waals surface area contributed by atoms with Gasteiger partial charge >= 0.3 is 0 Å². The van der Waals surface area contributed by atoms with Crippen molar-refractivity contribution >= 4 is 56.4 Å².